The number of furan rings is 1. The number of H-pyrrole nitrogens is 1. The lowest BCUT2D eigenvalue weighted by Gasteiger charge is -2.06. The van der Waals surface area contributed by atoms with Gasteiger partial charge in [0.2, 0.25) is 0 Å². The van der Waals surface area contributed by atoms with Crippen LogP contribution in [0.4, 0.5) is 5.82 Å². The number of aromatic nitrogens is 3. The standard InChI is InChI=1S/C15H19N5O.C2H6/c1-2-13-19-14(17-9-11-4-3-7-21-11)12-8-10(5-6-16)18-15(12)20-13;1-2/h3-4,7-8H,2,5-6,9,16H2,1H3,(H2,17,18,19,20);1-2H3. The van der Waals surface area contributed by atoms with Crippen molar-refractivity contribution in [3.8, 4) is 0 Å². The Morgan fingerprint density at radius 2 is 2.13 bits per heavy atom. The van der Waals surface area contributed by atoms with Crippen molar-refractivity contribution in [1.82, 2.24) is 15.0 Å². The van der Waals surface area contributed by atoms with E-state index in [1.807, 2.05) is 32.9 Å². The van der Waals surface area contributed by atoms with Crippen LogP contribution in [0.5, 0.6) is 0 Å². The topological polar surface area (TPSA) is 92.8 Å². The highest BCUT2D eigenvalue weighted by atomic mass is 16.3. The average Bonchev–Trinajstić information content (AvgIpc) is 3.23. The van der Waals surface area contributed by atoms with Crippen LogP contribution in [0.3, 0.4) is 0 Å². The van der Waals surface area contributed by atoms with Crippen molar-refractivity contribution in [2.45, 2.75) is 40.2 Å². The molecule has 124 valence electrons. The molecular formula is C17H25N5O. The minimum Gasteiger partial charge on any atom is -0.467 e. The summed E-state index contributed by atoms with van der Waals surface area (Å²) >= 11 is 0. The van der Waals surface area contributed by atoms with E-state index in [1.165, 1.54) is 0 Å². The molecule has 3 aromatic rings. The number of nitrogens with two attached hydrogens (primary N) is 1. The first-order valence-corrected chi connectivity index (χ1v) is 8.15. The Hall–Kier alpha value is -2.34. The van der Waals surface area contributed by atoms with Crippen molar-refractivity contribution >= 4 is 16.9 Å². The van der Waals surface area contributed by atoms with Crippen LogP contribution in [-0.4, -0.2) is 21.5 Å². The van der Waals surface area contributed by atoms with E-state index in [0.29, 0.717) is 13.1 Å². The number of hydrogen-bond donors (Lipinski definition) is 3. The van der Waals surface area contributed by atoms with Crippen LogP contribution in [-0.2, 0) is 19.4 Å². The van der Waals surface area contributed by atoms with Gasteiger partial charge in [0, 0.05) is 12.1 Å². The van der Waals surface area contributed by atoms with Gasteiger partial charge in [-0.3, -0.25) is 0 Å². The second kappa shape index (κ2) is 8.33. The minimum atomic E-state index is 0.597. The second-order valence-electron chi connectivity index (χ2n) is 4.87. The van der Waals surface area contributed by atoms with Crippen LogP contribution in [0.15, 0.2) is 28.9 Å². The number of rotatable bonds is 6. The third-order valence-electron chi connectivity index (χ3n) is 3.33. The van der Waals surface area contributed by atoms with Crippen LogP contribution in [0, 0.1) is 0 Å². The number of fused-ring (bicyclic) bond motifs is 1. The summed E-state index contributed by atoms with van der Waals surface area (Å²) in [6, 6.07) is 5.87. The van der Waals surface area contributed by atoms with Crippen LogP contribution in [0.1, 0.15) is 38.0 Å². The van der Waals surface area contributed by atoms with E-state index >= 15 is 0 Å². The molecule has 6 heteroatoms. The van der Waals surface area contributed by atoms with Gasteiger partial charge in [-0.15, -0.1) is 0 Å². The van der Waals surface area contributed by atoms with Crippen molar-refractivity contribution < 1.29 is 4.42 Å². The Morgan fingerprint density at radius 3 is 2.78 bits per heavy atom. The van der Waals surface area contributed by atoms with Gasteiger partial charge in [0.1, 0.15) is 23.0 Å². The number of aryl methyl sites for hydroxylation is 1. The SMILES string of the molecule is CC.CCc1nc(NCc2ccco2)c2cc(CCN)[nH]c2n1. The summed E-state index contributed by atoms with van der Waals surface area (Å²) in [6.07, 6.45) is 3.26. The summed E-state index contributed by atoms with van der Waals surface area (Å²) in [5.74, 6) is 2.51. The molecule has 0 atom stereocenters. The van der Waals surface area contributed by atoms with Crippen LogP contribution < -0.4 is 11.1 Å². The Labute approximate surface area is 136 Å². The molecule has 0 unspecified atom stereocenters. The van der Waals surface area contributed by atoms with Crippen molar-refractivity contribution in [2.75, 3.05) is 11.9 Å². The zero-order valence-electron chi connectivity index (χ0n) is 14.0. The second-order valence-corrected chi connectivity index (χ2v) is 4.87. The molecule has 23 heavy (non-hydrogen) atoms. The van der Waals surface area contributed by atoms with E-state index < -0.39 is 0 Å². The lowest BCUT2D eigenvalue weighted by molar-refractivity contribution is 0.518. The minimum absolute atomic E-state index is 0.597. The van der Waals surface area contributed by atoms with Crippen molar-refractivity contribution in [3.05, 3.63) is 41.7 Å². The Bertz CT molecular complexity index is 718. The zero-order chi connectivity index (χ0) is 16.7. The maximum atomic E-state index is 5.62. The molecule has 0 aliphatic rings. The summed E-state index contributed by atoms with van der Waals surface area (Å²) in [7, 11) is 0. The van der Waals surface area contributed by atoms with E-state index in [0.717, 1.165) is 47.0 Å². The Balaban J connectivity index is 0.000000924. The predicted molar refractivity (Wildman–Crippen MR) is 93.4 cm³/mol. The zero-order valence-corrected chi connectivity index (χ0v) is 14.0. The molecule has 0 saturated carbocycles. The van der Waals surface area contributed by atoms with Crippen LogP contribution >= 0.6 is 0 Å². The number of nitrogens with one attached hydrogen (secondary N) is 2. The largest absolute Gasteiger partial charge is 0.467 e. The Kier molecular flexibility index (Phi) is 6.17. The fraction of sp³-hybridized carbons (Fsp3) is 0.412. The van der Waals surface area contributed by atoms with Gasteiger partial charge in [-0.2, -0.15) is 0 Å². The average molecular weight is 315 g/mol. The quantitative estimate of drug-likeness (QED) is 0.649. The molecule has 0 aliphatic heterocycles. The van der Waals surface area contributed by atoms with Gasteiger partial charge >= 0.3 is 0 Å². The van der Waals surface area contributed by atoms with Gasteiger partial charge in [-0.1, -0.05) is 20.8 Å². The molecule has 4 N–H and O–H groups in total. The first kappa shape index (κ1) is 17.0. The molecule has 6 nitrogen and oxygen atoms in total. The molecule has 0 fully saturated rings. The van der Waals surface area contributed by atoms with Gasteiger partial charge in [0.25, 0.3) is 0 Å². The van der Waals surface area contributed by atoms with Crippen molar-refractivity contribution in [3.63, 3.8) is 0 Å². The van der Waals surface area contributed by atoms with Gasteiger partial charge in [0.15, 0.2) is 0 Å². The number of aromatic amines is 1. The summed E-state index contributed by atoms with van der Waals surface area (Å²) in [5.41, 5.74) is 7.55. The maximum absolute atomic E-state index is 5.62. The third-order valence-corrected chi connectivity index (χ3v) is 3.33. The summed E-state index contributed by atoms with van der Waals surface area (Å²) in [5, 5.41) is 4.31. The van der Waals surface area contributed by atoms with E-state index in [1.54, 1.807) is 6.26 Å². The third kappa shape index (κ3) is 4.10. The lowest BCUT2D eigenvalue weighted by Crippen LogP contribution is -2.04. The highest BCUT2D eigenvalue weighted by molar-refractivity contribution is 5.87. The van der Waals surface area contributed by atoms with Crippen LogP contribution in [0.2, 0.25) is 0 Å². The molecule has 0 amide bonds. The van der Waals surface area contributed by atoms with Gasteiger partial charge in [-0.25, -0.2) is 9.97 Å². The molecular weight excluding hydrogens is 290 g/mol. The normalized spacial score (nSPS) is 10.4. The fourth-order valence-corrected chi connectivity index (χ4v) is 2.28. The molecule has 3 aromatic heterocycles. The molecule has 3 rings (SSSR count). The fourth-order valence-electron chi connectivity index (χ4n) is 2.28. The summed E-state index contributed by atoms with van der Waals surface area (Å²) in [4.78, 5) is 12.4. The molecule has 0 spiro atoms. The number of hydrogen-bond acceptors (Lipinski definition) is 5. The Morgan fingerprint density at radius 1 is 1.30 bits per heavy atom. The molecule has 0 bridgehead atoms. The van der Waals surface area contributed by atoms with Gasteiger partial charge in [0.05, 0.1) is 18.2 Å². The van der Waals surface area contributed by atoms with Gasteiger partial charge in [-0.05, 0) is 31.2 Å². The first-order valence-electron chi connectivity index (χ1n) is 8.15. The van der Waals surface area contributed by atoms with E-state index in [9.17, 15) is 0 Å². The molecule has 0 radical (unpaired) electrons. The monoisotopic (exact) mass is 315 g/mol. The highest BCUT2D eigenvalue weighted by Crippen LogP contribution is 2.22. The molecule has 0 saturated heterocycles. The van der Waals surface area contributed by atoms with E-state index in [-0.39, 0.29) is 0 Å². The maximum Gasteiger partial charge on any atom is 0.143 e. The lowest BCUT2D eigenvalue weighted by atomic mass is 10.2. The van der Waals surface area contributed by atoms with Crippen molar-refractivity contribution in [1.29, 1.82) is 0 Å². The summed E-state index contributed by atoms with van der Waals surface area (Å²) in [6.45, 7) is 7.25. The molecule has 0 aliphatic carbocycles. The smallest absolute Gasteiger partial charge is 0.143 e. The number of nitrogens with zero attached hydrogens (tertiary/aromatic N) is 2. The number of anilines is 1. The molecule has 0 aromatic carbocycles. The van der Waals surface area contributed by atoms with Crippen molar-refractivity contribution in [2.24, 2.45) is 5.73 Å². The van der Waals surface area contributed by atoms with E-state index in [2.05, 4.69) is 26.3 Å². The summed E-state index contributed by atoms with van der Waals surface area (Å²) < 4.78 is 5.34. The van der Waals surface area contributed by atoms with E-state index in [4.69, 9.17) is 10.2 Å². The first-order chi connectivity index (χ1) is 11.3. The predicted octanol–water partition coefficient (Wildman–Crippen LogP) is 3.25. The van der Waals surface area contributed by atoms with Gasteiger partial charge < -0.3 is 20.5 Å². The molecule has 3 heterocycles. The highest BCUT2D eigenvalue weighted by Gasteiger charge is 2.10. The van der Waals surface area contributed by atoms with Crippen LogP contribution in [0.25, 0.3) is 11.0 Å².